The van der Waals surface area contributed by atoms with Gasteiger partial charge in [-0.05, 0) is 59.8 Å². The normalized spacial score (nSPS) is 17.7. The summed E-state index contributed by atoms with van der Waals surface area (Å²) in [4.78, 5) is 28.7. The Balaban J connectivity index is 1.62. The second-order valence-electron chi connectivity index (χ2n) is 10.00. The van der Waals surface area contributed by atoms with Crippen LogP contribution in [0.1, 0.15) is 42.0 Å². The third-order valence-electron chi connectivity index (χ3n) is 7.69. The van der Waals surface area contributed by atoms with E-state index >= 15 is 0 Å². The molecule has 2 aliphatic rings. The summed E-state index contributed by atoms with van der Waals surface area (Å²) in [5.41, 5.74) is 4.84. The van der Waals surface area contributed by atoms with Crippen molar-refractivity contribution in [2.24, 2.45) is 0 Å². The molecule has 6 heteroatoms. The fraction of sp³-hybridized carbons (Fsp3) is 0.290. The zero-order valence-electron chi connectivity index (χ0n) is 20.7. The molecular weight excluding hydrogens is 480 g/mol. The van der Waals surface area contributed by atoms with Crippen molar-refractivity contribution in [1.29, 1.82) is 0 Å². The van der Waals surface area contributed by atoms with Crippen LogP contribution in [0.3, 0.4) is 0 Å². The van der Waals surface area contributed by atoms with Crippen LogP contribution in [0.15, 0.2) is 82.6 Å². The zero-order valence-corrected chi connectivity index (χ0v) is 21.5. The molecule has 1 atom stereocenters. The molecular formula is C31H30N2O3S. The molecule has 0 aliphatic carbocycles. The minimum atomic E-state index is -0.946. The van der Waals surface area contributed by atoms with Gasteiger partial charge in [0.1, 0.15) is 6.04 Å². The maximum Gasteiger partial charge on any atom is 0.327 e. The second-order valence-corrected chi connectivity index (χ2v) is 11.0. The van der Waals surface area contributed by atoms with E-state index in [9.17, 15) is 14.7 Å². The minimum absolute atomic E-state index is 0.145. The Morgan fingerprint density at radius 3 is 2.41 bits per heavy atom. The number of hydrogen-bond acceptors (Lipinski definition) is 4. The maximum absolute atomic E-state index is 14.2. The third-order valence-corrected chi connectivity index (χ3v) is 8.85. The lowest BCUT2D eigenvalue weighted by molar-refractivity contribution is -0.140. The van der Waals surface area contributed by atoms with Gasteiger partial charge >= 0.3 is 5.97 Å². The number of benzene rings is 3. The Labute approximate surface area is 220 Å². The van der Waals surface area contributed by atoms with Crippen molar-refractivity contribution < 1.29 is 9.90 Å². The lowest BCUT2D eigenvalue weighted by atomic mass is 9.90. The van der Waals surface area contributed by atoms with Gasteiger partial charge in [-0.2, -0.15) is 0 Å². The van der Waals surface area contributed by atoms with Crippen LogP contribution in [-0.2, 0) is 17.8 Å². The highest BCUT2D eigenvalue weighted by molar-refractivity contribution is 7.99. The van der Waals surface area contributed by atoms with E-state index in [0.29, 0.717) is 18.7 Å². The van der Waals surface area contributed by atoms with Crippen LogP contribution in [-0.4, -0.2) is 39.4 Å². The van der Waals surface area contributed by atoms with Gasteiger partial charge in [0.2, 0.25) is 0 Å². The number of aromatic nitrogens is 1. The van der Waals surface area contributed by atoms with Crippen molar-refractivity contribution in [3.8, 4) is 11.1 Å². The van der Waals surface area contributed by atoms with Crippen molar-refractivity contribution in [1.82, 2.24) is 9.47 Å². The van der Waals surface area contributed by atoms with E-state index in [-0.39, 0.29) is 5.56 Å². The zero-order chi connectivity index (χ0) is 25.4. The fourth-order valence-electron chi connectivity index (χ4n) is 5.84. The maximum atomic E-state index is 14.2. The van der Waals surface area contributed by atoms with Crippen LogP contribution >= 0.6 is 11.8 Å². The summed E-state index contributed by atoms with van der Waals surface area (Å²) >= 11 is 1.49. The van der Waals surface area contributed by atoms with Crippen molar-refractivity contribution >= 4 is 28.5 Å². The first-order valence-electron chi connectivity index (χ1n) is 13.0. The van der Waals surface area contributed by atoms with Crippen LogP contribution in [0.2, 0.25) is 0 Å². The molecule has 3 aromatic carbocycles. The topological polar surface area (TPSA) is 62.5 Å². The third kappa shape index (κ3) is 4.49. The molecule has 4 aromatic rings. The fourth-order valence-corrected chi connectivity index (χ4v) is 7.19. The van der Waals surface area contributed by atoms with Gasteiger partial charge in [-0.1, -0.05) is 79.2 Å². The molecule has 0 radical (unpaired) electrons. The molecule has 1 saturated heterocycles. The predicted octanol–water partition coefficient (Wildman–Crippen LogP) is 5.98. The van der Waals surface area contributed by atoms with E-state index < -0.39 is 12.0 Å². The number of aliphatic carboxylic acids is 1. The van der Waals surface area contributed by atoms with Gasteiger partial charge in [0.15, 0.2) is 0 Å². The second kappa shape index (κ2) is 10.2. The molecule has 0 amide bonds. The Bertz CT molecular complexity index is 1520. The van der Waals surface area contributed by atoms with Gasteiger partial charge in [0, 0.05) is 23.4 Å². The van der Waals surface area contributed by atoms with Crippen molar-refractivity contribution in [2.45, 2.75) is 43.3 Å². The first-order valence-corrected chi connectivity index (χ1v) is 14.0. The first kappa shape index (κ1) is 24.0. The van der Waals surface area contributed by atoms with E-state index in [1.165, 1.54) is 34.5 Å². The van der Waals surface area contributed by atoms with Crippen molar-refractivity contribution in [2.75, 3.05) is 18.8 Å². The number of fused-ring (bicyclic) bond motifs is 2. The van der Waals surface area contributed by atoms with Crippen LogP contribution in [0.25, 0.3) is 21.9 Å². The SMILES string of the molecule is O=C(O)[C@@H]1CSc2c(-c3ccccc3)c(Cc3cccc4ccccc34)c(CN3CCCCC3)c(=O)n21. The van der Waals surface area contributed by atoms with Gasteiger partial charge < -0.3 is 5.11 Å². The minimum Gasteiger partial charge on any atom is -0.480 e. The lowest BCUT2D eigenvalue weighted by Crippen LogP contribution is -2.37. The number of carbonyl (C=O) groups is 1. The Morgan fingerprint density at radius 1 is 0.892 bits per heavy atom. The van der Waals surface area contributed by atoms with Gasteiger partial charge in [-0.3, -0.25) is 14.3 Å². The van der Waals surface area contributed by atoms with Crippen LogP contribution in [0, 0.1) is 0 Å². The van der Waals surface area contributed by atoms with Gasteiger partial charge in [-0.25, -0.2) is 4.79 Å². The molecule has 0 bridgehead atoms. The number of likely N-dealkylation sites (tertiary alicyclic amines) is 1. The molecule has 188 valence electrons. The van der Waals surface area contributed by atoms with Crippen LogP contribution in [0.4, 0.5) is 0 Å². The number of hydrogen-bond donors (Lipinski definition) is 1. The summed E-state index contributed by atoms with van der Waals surface area (Å²) in [6.45, 7) is 2.48. The van der Waals surface area contributed by atoms with E-state index in [2.05, 4.69) is 53.4 Å². The number of carboxylic acid groups (broad SMARTS) is 1. The summed E-state index contributed by atoms with van der Waals surface area (Å²) in [6.07, 6.45) is 4.10. The Hall–Kier alpha value is -3.35. The number of pyridine rings is 1. The van der Waals surface area contributed by atoms with Crippen molar-refractivity contribution in [3.63, 3.8) is 0 Å². The number of rotatable bonds is 6. The predicted molar refractivity (Wildman–Crippen MR) is 149 cm³/mol. The van der Waals surface area contributed by atoms with E-state index in [1.54, 1.807) is 4.57 Å². The molecule has 1 N–H and O–H groups in total. The summed E-state index contributed by atoms with van der Waals surface area (Å²) in [6, 6.07) is 24.1. The number of nitrogens with zero attached hydrogens (tertiary/aromatic N) is 2. The molecule has 1 aromatic heterocycles. The molecule has 3 heterocycles. The molecule has 5 nitrogen and oxygen atoms in total. The lowest BCUT2D eigenvalue weighted by Gasteiger charge is -2.29. The molecule has 1 fully saturated rings. The van der Waals surface area contributed by atoms with E-state index in [1.807, 2.05) is 24.3 Å². The molecule has 37 heavy (non-hydrogen) atoms. The number of thioether (sulfide) groups is 1. The highest BCUT2D eigenvalue weighted by Gasteiger charge is 2.35. The van der Waals surface area contributed by atoms with E-state index in [4.69, 9.17) is 0 Å². The standard InChI is InChI=1S/C31H30N2O3S/c34-29-26(19-32-16-7-2-8-17-32)25(18-23-14-9-13-21-10-5-6-15-24(21)23)28(22-11-3-1-4-12-22)30-33(29)27(20-37-30)31(35)36/h1,3-6,9-15,27H,2,7-8,16-20H2,(H,35,36)/t27-/m0/s1. The van der Waals surface area contributed by atoms with Gasteiger partial charge in [0.25, 0.3) is 5.56 Å². The molecule has 0 unspecified atom stereocenters. The van der Waals surface area contributed by atoms with E-state index in [0.717, 1.165) is 53.2 Å². The van der Waals surface area contributed by atoms with Crippen molar-refractivity contribution in [3.05, 3.63) is 99.8 Å². The van der Waals surface area contributed by atoms with Crippen LogP contribution in [0.5, 0.6) is 0 Å². The highest BCUT2D eigenvalue weighted by Crippen LogP contribution is 2.43. The Morgan fingerprint density at radius 2 is 1.62 bits per heavy atom. The molecule has 6 rings (SSSR count). The molecule has 0 spiro atoms. The van der Waals surface area contributed by atoms with Gasteiger partial charge in [-0.15, -0.1) is 11.8 Å². The average Bonchev–Trinajstić information content (AvgIpc) is 3.38. The molecule has 2 aliphatic heterocycles. The largest absolute Gasteiger partial charge is 0.480 e. The average molecular weight is 511 g/mol. The Kier molecular flexibility index (Phi) is 6.61. The highest BCUT2D eigenvalue weighted by atomic mass is 32.2. The monoisotopic (exact) mass is 510 g/mol. The quantitative estimate of drug-likeness (QED) is 0.346. The summed E-state index contributed by atoms with van der Waals surface area (Å²) in [5, 5.41) is 13.1. The summed E-state index contributed by atoms with van der Waals surface area (Å²) in [7, 11) is 0. The van der Waals surface area contributed by atoms with Crippen LogP contribution < -0.4 is 5.56 Å². The van der Waals surface area contributed by atoms with Gasteiger partial charge in [0.05, 0.1) is 5.03 Å². The molecule has 0 saturated carbocycles. The number of carboxylic acids is 1. The summed E-state index contributed by atoms with van der Waals surface area (Å²) in [5.74, 6) is -0.580. The number of piperidine rings is 1. The smallest absolute Gasteiger partial charge is 0.327 e. The summed E-state index contributed by atoms with van der Waals surface area (Å²) < 4.78 is 1.57. The first-order chi connectivity index (χ1) is 18.1.